The molecule has 1 saturated heterocycles. The number of hydrogen-bond donors (Lipinski definition) is 0. The van der Waals surface area contributed by atoms with Gasteiger partial charge in [-0.2, -0.15) is 9.30 Å². The van der Waals surface area contributed by atoms with Gasteiger partial charge in [-0.25, -0.2) is 12.8 Å². The van der Waals surface area contributed by atoms with Gasteiger partial charge in [-0.3, -0.25) is 9.59 Å². The first-order chi connectivity index (χ1) is 15.8. The number of carbonyl (C=O) groups excluding carboxylic acids is 2. The number of ether oxygens (including phenoxy) is 1. The predicted molar refractivity (Wildman–Crippen MR) is 120 cm³/mol. The van der Waals surface area contributed by atoms with Gasteiger partial charge in [-0.05, 0) is 37.1 Å². The Bertz CT molecular complexity index is 1370. The first-order valence-corrected chi connectivity index (χ1v) is 12.6. The van der Waals surface area contributed by atoms with Crippen LogP contribution in [0.5, 0.6) is 0 Å². The molecule has 33 heavy (non-hydrogen) atoms. The smallest absolute Gasteiger partial charge is 0.325 e. The third-order valence-electron chi connectivity index (χ3n) is 5.49. The van der Waals surface area contributed by atoms with Gasteiger partial charge < -0.3 is 9.30 Å². The van der Waals surface area contributed by atoms with Crippen molar-refractivity contribution in [3.8, 4) is 0 Å². The van der Waals surface area contributed by atoms with Crippen molar-refractivity contribution in [1.29, 1.82) is 0 Å². The summed E-state index contributed by atoms with van der Waals surface area (Å²) in [5.74, 6) is -2.29. The van der Waals surface area contributed by atoms with Gasteiger partial charge in [0.15, 0.2) is 4.80 Å². The highest BCUT2D eigenvalue weighted by molar-refractivity contribution is 7.89. The lowest BCUT2D eigenvalue weighted by Gasteiger charge is -2.30. The van der Waals surface area contributed by atoms with Crippen molar-refractivity contribution in [2.75, 3.05) is 20.2 Å². The molecule has 0 bridgehead atoms. The van der Waals surface area contributed by atoms with Gasteiger partial charge in [0, 0.05) is 13.1 Å². The summed E-state index contributed by atoms with van der Waals surface area (Å²) in [5.41, 5.74) is 0.163. The number of methoxy groups -OCH3 is 1. The van der Waals surface area contributed by atoms with Crippen molar-refractivity contribution >= 4 is 43.5 Å². The number of para-hydroxylation sites is 1. The molecular weight excluding hydrogens is 469 g/mol. The summed E-state index contributed by atoms with van der Waals surface area (Å²) < 4.78 is 48.3. The van der Waals surface area contributed by atoms with Crippen LogP contribution in [0, 0.1) is 11.7 Å². The Kier molecular flexibility index (Phi) is 6.73. The van der Waals surface area contributed by atoms with Gasteiger partial charge in [-0.1, -0.05) is 35.6 Å². The molecule has 1 atom stereocenters. The number of benzene rings is 2. The standard InChI is InChI=1S/C22H22FN3O5S2/c1-31-19(27)14-26-20-17(23)10-5-11-18(20)32-22(26)24-21(28)15-7-6-12-25(13-15)33(29,30)16-8-3-2-4-9-16/h2-5,8-11,15H,6-7,12-14H2,1H3. The van der Waals surface area contributed by atoms with Crippen molar-refractivity contribution in [3.63, 3.8) is 0 Å². The highest BCUT2D eigenvalue weighted by atomic mass is 32.2. The second kappa shape index (κ2) is 9.54. The molecule has 0 saturated carbocycles. The first-order valence-electron chi connectivity index (χ1n) is 10.3. The van der Waals surface area contributed by atoms with E-state index in [9.17, 15) is 22.4 Å². The Morgan fingerprint density at radius 2 is 1.94 bits per heavy atom. The van der Waals surface area contributed by atoms with E-state index < -0.39 is 33.6 Å². The molecule has 0 N–H and O–H groups in total. The van der Waals surface area contributed by atoms with Crippen LogP contribution in [0.3, 0.4) is 0 Å². The molecule has 1 amide bonds. The third kappa shape index (κ3) is 4.75. The van der Waals surface area contributed by atoms with Crippen LogP contribution in [0.1, 0.15) is 12.8 Å². The van der Waals surface area contributed by atoms with E-state index in [1.807, 2.05) is 0 Å². The summed E-state index contributed by atoms with van der Waals surface area (Å²) in [7, 11) is -2.51. The van der Waals surface area contributed by atoms with Crippen molar-refractivity contribution < 1.29 is 27.1 Å². The lowest BCUT2D eigenvalue weighted by molar-refractivity contribution is -0.141. The Morgan fingerprint density at radius 3 is 2.67 bits per heavy atom. The third-order valence-corrected chi connectivity index (χ3v) is 8.41. The fourth-order valence-electron chi connectivity index (χ4n) is 3.80. The van der Waals surface area contributed by atoms with Crippen molar-refractivity contribution in [2.24, 2.45) is 10.9 Å². The average molecular weight is 492 g/mol. The number of halogens is 1. The highest BCUT2D eigenvalue weighted by Gasteiger charge is 2.33. The SMILES string of the molecule is COC(=O)Cn1c(=NC(=O)C2CCCN(S(=O)(=O)c3ccccc3)C2)sc2cccc(F)c21. The molecule has 3 aromatic rings. The van der Waals surface area contributed by atoms with Crippen LogP contribution in [0.25, 0.3) is 10.2 Å². The molecule has 1 aliphatic rings. The maximum Gasteiger partial charge on any atom is 0.325 e. The zero-order valence-corrected chi connectivity index (χ0v) is 19.4. The molecule has 11 heteroatoms. The zero-order valence-electron chi connectivity index (χ0n) is 17.8. The van der Waals surface area contributed by atoms with Crippen LogP contribution < -0.4 is 4.80 Å². The summed E-state index contributed by atoms with van der Waals surface area (Å²) in [6.07, 6.45) is 1.00. The van der Waals surface area contributed by atoms with E-state index in [2.05, 4.69) is 4.99 Å². The number of esters is 1. The number of piperidine rings is 1. The van der Waals surface area contributed by atoms with Gasteiger partial charge in [0.2, 0.25) is 10.0 Å². The van der Waals surface area contributed by atoms with Crippen LogP contribution in [-0.2, 0) is 30.9 Å². The van der Waals surface area contributed by atoms with Gasteiger partial charge in [0.25, 0.3) is 5.91 Å². The number of fused-ring (bicyclic) bond motifs is 1. The van der Waals surface area contributed by atoms with E-state index in [1.165, 1.54) is 40.2 Å². The number of rotatable bonds is 5. The minimum atomic E-state index is -3.73. The Hall–Kier alpha value is -2.89. The van der Waals surface area contributed by atoms with E-state index in [1.54, 1.807) is 24.3 Å². The van der Waals surface area contributed by atoms with Gasteiger partial charge in [0.1, 0.15) is 12.4 Å². The summed E-state index contributed by atoms with van der Waals surface area (Å²) in [4.78, 5) is 29.5. The van der Waals surface area contributed by atoms with Crippen LogP contribution in [-0.4, -0.2) is 49.4 Å². The Balaban J connectivity index is 1.66. The molecule has 2 heterocycles. The number of carbonyl (C=O) groups is 2. The molecule has 1 unspecified atom stereocenters. The molecule has 1 aromatic heterocycles. The maximum atomic E-state index is 14.5. The molecule has 2 aromatic carbocycles. The summed E-state index contributed by atoms with van der Waals surface area (Å²) in [6.45, 7) is 0.0238. The Labute approximate surface area is 194 Å². The summed E-state index contributed by atoms with van der Waals surface area (Å²) in [6, 6.07) is 12.6. The number of amides is 1. The fraction of sp³-hybridized carbons (Fsp3) is 0.318. The Morgan fingerprint density at radius 1 is 1.18 bits per heavy atom. The van der Waals surface area contributed by atoms with E-state index in [0.29, 0.717) is 24.1 Å². The predicted octanol–water partition coefficient (Wildman–Crippen LogP) is 2.54. The molecule has 0 spiro atoms. The topological polar surface area (TPSA) is 98.0 Å². The van der Waals surface area contributed by atoms with Crippen LogP contribution in [0.4, 0.5) is 4.39 Å². The van der Waals surface area contributed by atoms with Gasteiger partial charge >= 0.3 is 5.97 Å². The van der Waals surface area contributed by atoms with E-state index in [-0.39, 0.29) is 28.3 Å². The zero-order chi connectivity index (χ0) is 23.6. The van der Waals surface area contributed by atoms with E-state index >= 15 is 0 Å². The first kappa shape index (κ1) is 23.3. The molecule has 4 rings (SSSR count). The molecule has 0 aliphatic carbocycles. The van der Waals surface area contributed by atoms with Crippen LogP contribution in [0.15, 0.2) is 58.4 Å². The van der Waals surface area contributed by atoms with Crippen molar-refractivity contribution in [1.82, 2.24) is 8.87 Å². The summed E-state index contributed by atoms with van der Waals surface area (Å²) in [5, 5.41) is 0. The highest BCUT2D eigenvalue weighted by Crippen LogP contribution is 2.25. The summed E-state index contributed by atoms with van der Waals surface area (Å²) >= 11 is 1.08. The minimum Gasteiger partial charge on any atom is -0.468 e. The number of sulfonamides is 1. The maximum absolute atomic E-state index is 14.5. The van der Waals surface area contributed by atoms with Crippen molar-refractivity contribution in [3.05, 3.63) is 59.1 Å². The van der Waals surface area contributed by atoms with Gasteiger partial charge in [0.05, 0.1) is 28.1 Å². The average Bonchev–Trinajstić information content (AvgIpc) is 3.17. The molecular formula is C22H22FN3O5S2. The van der Waals surface area contributed by atoms with Crippen molar-refractivity contribution in [2.45, 2.75) is 24.3 Å². The largest absolute Gasteiger partial charge is 0.468 e. The molecule has 0 radical (unpaired) electrons. The normalized spacial score (nSPS) is 17.9. The molecule has 174 valence electrons. The second-order valence-electron chi connectivity index (χ2n) is 7.60. The molecule has 8 nitrogen and oxygen atoms in total. The second-order valence-corrected chi connectivity index (χ2v) is 10.5. The quantitative estimate of drug-likeness (QED) is 0.511. The lowest BCUT2D eigenvalue weighted by atomic mass is 9.99. The monoisotopic (exact) mass is 491 g/mol. The lowest BCUT2D eigenvalue weighted by Crippen LogP contribution is -2.42. The molecule has 1 aliphatic heterocycles. The fourth-order valence-corrected chi connectivity index (χ4v) is 6.40. The molecule has 1 fully saturated rings. The number of thiazole rings is 1. The van der Waals surface area contributed by atoms with Gasteiger partial charge in [-0.15, -0.1) is 0 Å². The van der Waals surface area contributed by atoms with E-state index in [0.717, 1.165) is 11.3 Å². The van der Waals surface area contributed by atoms with E-state index in [4.69, 9.17) is 4.74 Å². The number of hydrogen-bond acceptors (Lipinski definition) is 6. The van der Waals surface area contributed by atoms with Crippen LogP contribution >= 0.6 is 11.3 Å². The minimum absolute atomic E-state index is 0.00974. The number of aromatic nitrogens is 1. The number of nitrogens with zero attached hydrogens (tertiary/aromatic N) is 3. The van der Waals surface area contributed by atoms with Crippen LogP contribution in [0.2, 0.25) is 0 Å².